The minimum atomic E-state index is 0.612. The Kier molecular flexibility index (Phi) is 8.15. The third kappa shape index (κ3) is 5.59. The maximum Gasteiger partial charge on any atom is 0.164 e. The van der Waals surface area contributed by atoms with Crippen LogP contribution in [-0.2, 0) is 0 Å². The monoisotopic (exact) mass is 716 g/mol. The lowest BCUT2D eigenvalue weighted by Crippen LogP contribution is -2.00. The SMILES string of the molecule is C=Cc1c(/C=C(\C)c2ccc3c4ccccc4c4ccccc4c3c2)c2c(-c3nc(-c4ccccc4)nc(-c4ccccc4)n3)cccc2n1-c1ccccc1. The Morgan fingerprint density at radius 1 is 0.500 bits per heavy atom. The quantitative estimate of drug-likeness (QED) is 0.154. The Morgan fingerprint density at radius 2 is 1.00 bits per heavy atom. The molecule has 2 heterocycles. The summed E-state index contributed by atoms with van der Waals surface area (Å²) in [6.07, 6.45) is 4.28. The normalized spacial score (nSPS) is 11.8. The molecule has 8 aromatic carbocycles. The van der Waals surface area contributed by atoms with Gasteiger partial charge in [0.15, 0.2) is 17.5 Å². The molecular formula is C52H36N4. The van der Waals surface area contributed by atoms with Crippen LogP contribution in [0.15, 0.2) is 183 Å². The highest BCUT2D eigenvalue weighted by atomic mass is 15.0. The molecule has 0 N–H and O–H groups in total. The van der Waals surface area contributed by atoms with Crippen molar-refractivity contribution < 1.29 is 0 Å². The lowest BCUT2D eigenvalue weighted by molar-refractivity contribution is 1.08. The number of benzene rings is 8. The number of hydrogen-bond acceptors (Lipinski definition) is 3. The van der Waals surface area contributed by atoms with E-state index in [0.717, 1.165) is 55.7 Å². The molecular weight excluding hydrogens is 681 g/mol. The van der Waals surface area contributed by atoms with Crippen molar-refractivity contribution in [3.63, 3.8) is 0 Å². The van der Waals surface area contributed by atoms with E-state index < -0.39 is 0 Å². The molecule has 0 aliphatic rings. The van der Waals surface area contributed by atoms with Crippen LogP contribution in [0.3, 0.4) is 0 Å². The van der Waals surface area contributed by atoms with E-state index in [2.05, 4.69) is 133 Å². The third-order valence-electron chi connectivity index (χ3n) is 10.8. The fourth-order valence-electron chi connectivity index (χ4n) is 8.16. The van der Waals surface area contributed by atoms with Gasteiger partial charge in [-0.3, -0.25) is 0 Å². The highest BCUT2D eigenvalue weighted by Crippen LogP contribution is 2.41. The number of nitrogens with zero attached hydrogens (tertiary/aromatic N) is 4. The van der Waals surface area contributed by atoms with E-state index in [4.69, 9.17) is 15.0 Å². The van der Waals surface area contributed by atoms with Gasteiger partial charge in [0.2, 0.25) is 0 Å². The van der Waals surface area contributed by atoms with Crippen LogP contribution in [0.1, 0.15) is 23.7 Å². The molecule has 0 unspecified atom stereocenters. The number of hydrogen-bond donors (Lipinski definition) is 0. The minimum absolute atomic E-state index is 0.612. The Bertz CT molecular complexity index is 3050. The van der Waals surface area contributed by atoms with E-state index in [-0.39, 0.29) is 0 Å². The predicted molar refractivity (Wildman–Crippen MR) is 236 cm³/mol. The Labute approximate surface area is 325 Å². The summed E-state index contributed by atoms with van der Waals surface area (Å²) in [5.74, 6) is 1.87. The second-order valence-electron chi connectivity index (χ2n) is 14.1. The van der Waals surface area contributed by atoms with Crippen molar-refractivity contribution in [2.75, 3.05) is 0 Å². The summed E-state index contributed by atoms with van der Waals surface area (Å²) in [6, 6.07) is 61.5. The van der Waals surface area contributed by atoms with Gasteiger partial charge in [0.25, 0.3) is 0 Å². The van der Waals surface area contributed by atoms with E-state index in [1.165, 1.54) is 32.3 Å². The molecule has 0 saturated carbocycles. The van der Waals surface area contributed by atoms with E-state index in [9.17, 15) is 0 Å². The second kappa shape index (κ2) is 13.8. The molecule has 0 fully saturated rings. The van der Waals surface area contributed by atoms with Gasteiger partial charge in [0, 0.05) is 33.3 Å². The molecule has 0 spiro atoms. The van der Waals surface area contributed by atoms with Crippen LogP contribution >= 0.6 is 0 Å². The molecule has 0 atom stereocenters. The van der Waals surface area contributed by atoms with Crippen LogP contribution in [0.2, 0.25) is 0 Å². The highest BCUT2D eigenvalue weighted by molar-refractivity contribution is 6.25. The summed E-state index contributed by atoms with van der Waals surface area (Å²) in [4.78, 5) is 15.3. The Morgan fingerprint density at radius 3 is 1.57 bits per heavy atom. The molecule has 10 rings (SSSR count). The van der Waals surface area contributed by atoms with Gasteiger partial charge in [0.1, 0.15) is 0 Å². The smallest absolute Gasteiger partial charge is 0.164 e. The fraction of sp³-hybridized carbons (Fsp3) is 0.0192. The van der Waals surface area contributed by atoms with Gasteiger partial charge in [-0.15, -0.1) is 0 Å². The van der Waals surface area contributed by atoms with Crippen LogP contribution in [-0.4, -0.2) is 19.5 Å². The Hall–Kier alpha value is -7.43. The average molecular weight is 717 g/mol. The molecule has 10 aromatic rings. The maximum atomic E-state index is 5.18. The molecule has 0 aliphatic heterocycles. The van der Waals surface area contributed by atoms with Gasteiger partial charge in [0.05, 0.1) is 11.2 Å². The summed E-state index contributed by atoms with van der Waals surface area (Å²) in [5, 5.41) is 8.60. The Balaban J connectivity index is 1.24. The second-order valence-corrected chi connectivity index (χ2v) is 14.1. The van der Waals surface area contributed by atoms with Crippen LogP contribution < -0.4 is 0 Å². The molecule has 0 amide bonds. The first kappa shape index (κ1) is 33.2. The molecule has 4 heteroatoms. The van der Waals surface area contributed by atoms with Crippen LogP contribution in [0.5, 0.6) is 0 Å². The lowest BCUT2D eigenvalue weighted by Gasteiger charge is -2.12. The molecule has 2 aromatic heterocycles. The van der Waals surface area contributed by atoms with E-state index in [1.54, 1.807) is 0 Å². The maximum absolute atomic E-state index is 5.18. The zero-order valence-corrected chi connectivity index (χ0v) is 30.9. The van der Waals surface area contributed by atoms with Crippen molar-refractivity contribution >= 4 is 60.9 Å². The summed E-state index contributed by atoms with van der Waals surface area (Å²) in [7, 11) is 0. The van der Waals surface area contributed by atoms with Crippen molar-refractivity contribution in [3.05, 3.63) is 199 Å². The number of allylic oxidation sites excluding steroid dienone is 1. The fourth-order valence-corrected chi connectivity index (χ4v) is 8.16. The summed E-state index contributed by atoms with van der Waals surface area (Å²) in [5.41, 5.74) is 9.23. The van der Waals surface area contributed by atoms with Crippen LogP contribution in [0.25, 0.3) is 101 Å². The first-order valence-corrected chi connectivity index (χ1v) is 18.9. The van der Waals surface area contributed by atoms with E-state index in [1.807, 2.05) is 72.8 Å². The molecule has 0 bridgehead atoms. The first-order valence-electron chi connectivity index (χ1n) is 18.9. The molecule has 4 nitrogen and oxygen atoms in total. The van der Waals surface area contributed by atoms with Gasteiger partial charge in [-0.1, -0.05) is 158 Å². The van der Waals surface area contributed by atoms with Crippen LogP contribution in [0, 0.1) is 0 Å². The van der Waals surface area contributed by atoms with E-state index >= 15 is 0 Å². The summed E-state index contributed by atoms with van der Waals surface area (Å²) < 4.78 is 2.29. The zero-order chi connectivity index (χ0) is 37.6. The predicted octanol–water partition coefficient (Wildman–Crippen LogP) is 13.5. The van der Waals surface area contributed by atoms with Crippen molar-refractivity contribution in [2.24, 2.45) is 0 Å². The summed E-state index contributed by atoms with van der Waals surface area (Å²) in [6.45, 7) is 6.58. The highest BCUT2D eigenvalue weighted by Gasteiger charge is 2.22. The topological polar surface area (TPSA) is 43.6 Å². The standard InChI is InChI=1S/C52H36N4/c1-3-47-46(32-34(2)37-30-31-43-41-26-14-13-24-39(41)40-25-15-16-27-42(40)45(43)33-37)49-44(28-17-29-48(49)56(47)38-22-11-6-12-23-38)52-54-50(35-18-7-4-8-19-35)53-51(55-52)36-20-9-5-10-21-36/h3-33H,1H2,2H3/b34-32+. The number of fused-ring (bicyclic) bond motifs is 7. The van der Waals surface area contributed by atoms with Crippen LogP contribution in [0.4, 0.5) is 0 Å². The largest absolute Gasteiger partial charge is 0.309 e. The van der Waals surface area contributed by atoms with Gasteiger partial charge >= 0.3 is 0 Å². The van der Waals surface area contributed by atoms with Gasteiger partial charge in [-0.25, -0.2) is 15.0 Å². The first-order chi connectivity index (χ1) is 27.7. The molecule has 0 aliphatic carbocycles. The van der Waals surface area contributed by atoms with Crippen molar-refractivity contribution in [1.82, 2.24) is 19.5 Å². The number of rotatable bonds is 7. The van der Waals surface area contributed by atoms with Gasteiger partial charge in [-0.05, 0) is 86.8 Å². The van der Waals surface area contributed by atoms with Crippen molar-refractivity contribution in [2.45, 2.75) is 6.92 Å². The molecule has 0 saturated heterocycles. The molecule has 0 radical (unpaired) electrons. The zero-order valence-electron chi connectivity index (χ0n) is 30.9. The molecule has 56 heavy (non-hydrogen) atoms. The minimum Gasteiger partial charge on any atom is -0.309 e. The van der Waals surface area contributed by atoms with Gasteiger partial charge < -0.3 is 4.57 Å². The van der Waals surface area contributed by atoms with E-state index in [0.29, 0.717) is 17.5 Å². The van der Waals surface area contributed by atoms with Crippen molar-refractivity contribution in [1.29, 1.82) is 0 Å². The third-order valence-corrected chi connectivity index (χ3v) is 10.8. The number of para-hydroxylation sites is 1. The lowest BCUT2D eigenvalue weighted by atomic mass is 9.91. The average Bonchev–Trinajstić information content (AvgIpc) is 3.60. The summed E-state index contributed by atoms with van der Waals surface area (Å²) >= 11 is 0. The number of aromatic nitrogens is 4. The van der Waals surface area contributed by atoms with Crippen molar-refractivity contribution in [3.8, 4) is 39.9 Å². The van der Waals surface area contributed by atoms with Gasteiger partial charge in [-0.2, -0.15) is 0 Å². The molecule has 264 valence electrons.